The Bertz CT molecular complexity index is 884. The summed E-state index contributed by atoms with van der Waals surface area (Å²) < 4.78 is 38.0. The van der Waals surface area contributed by atoms with E-state index in [4.69, 9.17) is 0 Å². The molecule has 29 heavy (non-hydrogen) atoms. The molecule has 8 heteroatoms. The van der Waals surface area contributed by atoms with Crippen LogP contribution < -0.4 is 9.80 Å². The molecule has 2 aliphatic heterocycles. The topological polar surface area (TPSA) is 39.7 Å². The van der Waals surface area contributed by atoms with Gasteiger partial charge in [0.1, 0.15) is 5.82 Å². The highest BCUT2D eigenvalue weighted by Crippen LogP contribution is 2.29. The smallest absolute Gasteiger partial charge is 0.354 e. The molecule has 1 aromatic heterocycles. The summed E-state index contributed by atoms with van der Waals surface area (Å²) in [6.45, 7) is 2.82. The Balaban J connectivity index is 1.42. The van der Waals surface area contributed by atoms with Crippen LogP contribution in [0.25, 0.3) is 0 Å². The Morgan fingerprint density at radius 2 is 1.93 bits per heavy atom. The first-order valence-corrected chi connectivity index (χ1v) is 9.73. The molecule has 1 atom stereocenters. The number of piperazine rings is 1. The molecule has 2 aromatic rings. The Labute approximate surface area is 167 Å². The van der Waals surface area contributed by atoms with Crippen molar-refractivity contribution in [2.75, 3.05) is 42.5 Å². The van der Waals surface area contributed by atoms with E-state index in [1.54, 1.807) is 30.2 Å². The minimum absolute atomic E-state index is 0.0858. The highest BCUT2D eigenvalue weighted by atomic mass is 19.4. The molecule has 1 saturated heterocycles. The third-order valence-electron chi connectivity index (χ3n) is 5.60. The van der Waals surface area contributed by atoms with Gasteiger partial charge in [0.2, 0.25) is 0 Å². The summed E-state index contributed by atoms with van der Waals surface area (Å²) in [6, 6.07) is 11.2. The maximum absolute atomic E-state index is 12.9. The maximum atomic E-state index is 12.9. The monoisotopic (exact) mass is 404 g/mol. The van der Waals surface area contributed by atoms with E-state index in [0.717, 1.165) is 17.7 Å². The molecule has 0 spiro atoms. The highest BCUT2D eigenvalue weighted by molar-refractivity contribution is 6.07. The quantitative estimate of drug-likeness (QED) is 0.787. The van der Waals surface area contributed by atoms with Crippen LogP contribution in [0.4, 0.5) is 24.7 Å². The van der Waals surface area contributed by atoms with E-state index in [-0.39, 0.29) is 11.9 Å². The second kappa shape index (κ2) is 7.67. The fourth-order valence-electron chi connectivity index (χ4n) is 4.07. The molecule has 3 heterocycles. The van der Waals surface area contributed by atoms with Gasteiger partial charge in [0.25, 0.3) is 5.91 Å². The molecule has 4 rings (SSSR count). The first kappa shape index (κ1) is 19.7. The molecule has 5 nitrogen and oxygen atoms in total. The summed E-state index contributed by atoms with van der Waals surface area (Å²) in [4.78, 5) is 22.5. The van der Waals surface area contributed by atoms with E-state index in [0.29, 0.717) is 37.6 Å². The van der Waals surface area contributed by atoms with E-state index < -0.39 is 12.7 Å². The van der Waals surface area contributed by atoms with E-state index >= 15 is 0 Å². The minimum Gasteiger partial charge on any atom is -0.354 e. The van der Waals surface area contributed by atoms with Crippen molar-refractivity contribution < 1.29 is 18.0 Å². The number of para-hydroxylation sites is 1. The number of alkyl halides is 3. The average Bonchev–Trinajstić information content (AvgIpc) is 3.12. The van der Waals surface area contributed by atoms with Crippen molar-refractivity contribution in [1.29, 1.82) is 0 Å². The molecular formula is C21H23F3N4O. The number of rotatable bonds is 3. The van der Waals surface area contributed by atoms with Crippen LogP contribution in [-0.4, -0.2) is 60.7 Å². The van der Waals surface area contributed by atoms with E-state index in [1.165, 1.54) is 4.90 Å². The van der Waals surface area contributed by atoms with Crippen LogP contribution in [0.3, 0.4) is 0 Å². The van der Waals surface area contributed by atoms with Gasteiger partial charge in [0.15, 0.2) is 0 Å². The van der Waals surface area contributed by atoms with Crippen molar-refractivity contribution in [2.24, 2.45) is 0 Å². The number of pyridine rings is 1. The normalized spacial score (nSPS) is 20.1. The third-order valence-corrected chi connectivity index (χ3v) is 5.60. The molecular weight excluding hydrogens is 381 g/mol. The van der Waals surface area contributed by atoms with Crippen LogP contribution in [-0.2, 0) is 6.42 Å². The number of hydrogen-bond donors (Lipinski definition) is 0. The van der Waals surface area contributed by atoms with Crippen molar-refractivity contribution in [3.8, 4) is 0 Å². The first-order chi connectivity index (χ1) is 13.8. The number of carbonyl (C=O) groups excluding carboxylic acids is 1. The number of benzene rings is 1. The summed E-state index contributed by atoms with van der Waals surface area (Å²) >= 11 is 0. The predicted molar refractivity (Wildman–Crippen MR) is 105 cm³/mol. The molecule has 0 bridgehead atoms. The van der Waals surface area contributed by atoms with Crippen LogP contribution in [0.2, 0.25) is 0 Å². The fraction of sp³-hybridized carbons (Fsp3) is 0.429. The SMILES string of the molecule is CC1CN(c2ccc(C(=O)N3CCc4ccccc43)cn2)CCN1CC(F)(F)F. The van der Waals surface area contributed by atoms with Crippen LogP contribution in [0.15, 0.2) is 42.6 Å². The van der Waals surface area contributed by atoms with Gasteiger partial charge in [-0.1, -0.05) is 18.2 Å². The Hall–Kier alpha value is -2.61. The molecule has 1 fully saturated rings. The molecule has 0 N–H and O–H groups in total. The van der Waals surface area contributed by atoms with Gasteiger partial charge in [-0.25, -0.2) is 4.98 Å². The zero-order valence-corrected chi connectivity index (χ0v) is 16.2. The fourth-order valence-corrected chi connectivity index (χ4v) is 4.07. The van der Waals surface area contributed by atoms with Gasteiger partial charge in [-0.05, 0) is 37.1 Å². The summed E-state index contributed by atoms with van der Waals surface area (Å²) in [5.74, 6) is 0.597. The summed E-state index contributed by atoms with van der Waals surface area (Å²) in [7, 11) is 0. The Morgan fingerprint density at radius 3 is 2.62 bits per heavy atom. The lowest BCUT2D eigenvalue weighted by Crippen LogP contribution is -2.54. The van der Waals surface area contributed by atoms with Gasteiger partial charge in [-0.2, -0.15) is 13.2 Å². The number of fused-ring (bicyclic) bond motifs is 1. The van der Waals surface area contributed by atoms with Crippen LogP contribution in [0.1, 0.15) is 22.8 Å². The van der Waals surface area contributed by atoms with Gasteiger partial charge < -0.3 is 9.80 Å². The number of hydrogen-bond acceptors (Lipinski definition) is 4. The number of halogens is 3. The molecule has 0 radical (unpaired) electrons. The van der Waals surface area contributed by atoms with Crippen LogP contribution in [0.5, 0.6) is 0 Å². The lowest BCUT2D eigenvalue weighted by Gasteiger charge is -2.40. The van der Waals surface area contributed by atoms with Crippen molar-refractivity contribution in [1.82, 2.24) is 9.88 Å². The number of amides is 1. The van der Waals surface area contributed by atoms with Crippen LogP contribution >= 0.6 is 0 Å². The molecule has 2 aliphatic rings. The first-order valence-electron chi connectivity index (χ1n) is 9.73. The number of aromatic nitrogens is 1. The Morgan fingerprint density at radius 1 is 1.14 bits per heavy atom. The second-order valence-electron chi connectivity index (χ2n) is 7.62. The van der Waals surface area contributed by atoms with Crippen LogP contribution in [0, 0.1) is 0 Å². The summed E-state index contributed by atoms with van der Waals surface area (Å²) in [5.41, 5.74) is 2.61. The maximum Gasteiger partial charge on any atom is 0.401 e. The molecule has 1 unspecified atom stereocenters. The molecule has 0 saturated carbocycles. The van der Waals surface area contributed by atoms with E-state index in [2.05, 4.69) is 4.98 Å². The average molecular weight is 404 g/mol. The minimum atomic E-state index is -4.19. The van der Waals surface area contributed by atoms with Crippen molar-refractivity contribution >= 4 is 17.4 Å². The standard InChI is InChI=1S/C21H23F3N4O/c1-15-13-26(10-11-27(15)14-21(22,23)24)19-7-6-17(12-25-19)20(29)28-9-8-16-4-2-3-5-18(16)28/h2-7,12,15H,8-11,13-14H2,1H3. The van der Waals surface area contributed by atoms with Crippen molar-refractivity contribution in [3.05, 3.63) is 53.7 Å². The number of anilines is 2. The van der Waals surface area contributed by atoms with E-state index in [1.807, 2.05) is 29.2 Å². The molecule has 1 aromatic carbocycles. The van der Waals surface area contributed by atoms with E-state index in [9.17, 15) is 18.0 Å². The van der Waals surface area contributed by atoms with Gasteiger partial charge in [0, 0.05) is 44.1 Å². The Kier molecular flexibility index (Phi) is 5.21. The molecule has 1 amide bonds. The lowest BCUT2D eigenvalue weighted by molar-refractivity contribution is -0.150. The third kappa shape index (κ3) is 4.22. The second-order valence-corrected chi connectivity index (χ2v) is 7.62. The van der Waals surface area contributed by atoms with Crippen molar-refractivity contribution in [3.63, 3.8) is 0 Å². The molecule has 0 aliphatic carbocycles. The lowest BCUT2D eigenvalue weighted by atomic mass is 10.1. The van der Waals surface area contributed by atoms with Gasteiger partial charge >= 0.3 is 6.18 Å². The largest absolute Gasteiger partial charge is 0.401 e. The van der Waals surface area contributed by atoms with Gasteiger partial charge in [-0.3, -0.25) is 9.69 Å². The van der Waals surface area contributed by atoms with Gasteiger partial charge in [-0.15, -0.1) is 0 Å². The highest BCUT2D eigenvalue weighted by Gasteiger charge is 2.35. The molecule has 154 valence electrons. The zero-order valence-electron chi connectivity index (χ0n) is 16.2. The van der Waals surface area contributed by atoms with Crippen molar-refractivity contribution in [2.45, 2.75) is 25.6 Å². The number of carbonyl (C=O) groups is 1. The zero-order chi connectivity index (χ0) is 20.6. The predicted octanol–water partition coefficient (Wildman–Crippen LogP) is 3.36. The van der Waals surface area contributed by atoms with Gasteiger partial charge in [0.05, 0.1) is 12.1 Å². The summed E-state index contributed by atoms with van der Waals surface area (Å²) in [6.07, 6.45) is -1.79. The summed E-state index contributed by atoms with van der Waals surface area (Å²) in [5, 5.41) is 0. The number of nitrogens with zero attached hydrogens (tertiary/aromatic N) is 4.